The summed E-state index contributed by atoms with van der Waals surface area (Å²) in [6, 6.07) is 6.58. The highest BCUT2D eigenvalue weighted by Crippen LogP contribution is 2.14. The molecule has 0 radical (unpaired) electrons. The third-order valence-electron chi connectivity index (χ3n) is 1.66. The van der Waals surface area contributed by atoms with E-state index in [1.807, 2.05) is 0 Å². The number of amides is 2. The van der Waals surface area contributed by atoms with Crippen LogP contribution in [0.2, 0.25) is 0 Å². The highest BCUT2D eigenvalue weighted by Gasteiger charge is 2.02. The van der Waals surface area contributed by atoms with E-state index in [-0.39, 0.29) is 13.2 Å². The van der Waals surface area contributed by atoms with Gasteiger partial charge in [0.25, 0.3) is 0 Å². The second-order valence-electron chi connectivity index (χ2n) is 2.83. The quantitative estimate of drug-likeness (QED) is 0.645. The Morgan fingerprint density at radius 3 is 2.88 bits per heavy atom. The first-order chi connectivity index (χ1) is 7.76. The van der Waals surface area contributed by atoms with Gasteiger partial charge in [0, 0.05) is 11.4 Å². The number of hydrogen-bond donors (Lipinski definition) is 3. The van der Waals surface area contributed by atoms with Gasteiger partial charge in [-0.3, -0.25) is 10.1 Å². The molecule has 16 heavy (non-hydrogen) atoms. The van der Waals surface area contributed by atoms with E-state index in [4.69, 9.17) is 5.11 Å². The van der Waals surface area contributed by atoms with Gasteiger partial charge >= 0.3 is 6.09 Å². The van der Waals surface area contributed by atoms with Crippen LogP contribution >= 0.6 is 0 Å². The predicted molar refractivity (Wildman–Crippen MR) is 58.2 cm³/mol. The highest BCUT2D eigenvalue weighted by molar-refractivity contribution is 5.86. The maximum Gasteiger partial charge on any atom is 0.411 e. The van der Waals surface area contributed by atoms with Gasteiger partial charge < -0.3 is 15.2 Å². The normalized spacial score (nSPS) is 9.31. The van der Waals surface area contributed by atoms with E-state index in [2.05, 4.69) is 15.4 Å². The van der Waals surface area contributed by atoms with E-state index in [1.54, 1.807) is 24.3 Å². The lowest BCUT2D eigenvalue weighted by atomic mass is 10.3. The molecule has 6 nitrogen and oxygen atoms in total. The Hall–Kier alpha value is -2.08. The zero-order valence-corrected chi connectivity index (χ0v) is 8.47. The Labute approximate surface area is 92.2 Å². The van der Waals surface area contributed by atoms with Crippen molar-refractivity contribution < 1.29 is 19.4 Å². The molecule has 6 heteroatoms. The number of aliphatic hydroxyl groups is 1. The Balaban J connectivity index is 2.55. The summed E-state index contributed by atoms with van der Waals surface area (Å²) in [6.45, 7) is -0.279. The summed E-state index contributed by atoms with van der Waals surface area (Å²) in [6.07, 6.45) is -0.110. The molecule has 1 aromatic rings. The minimum Gasteiger partial charge on any atom is -0.447 e. The second kappa shape index (κ2) is 6.41. The van der Waals surface area contributed by atoms with Crippen LogP contribution in [0.5, 0.6) is 0 Å². The van der Waals surface area contributed by atoms with Crippen LogP contribution in [0.15, 0.2) is 24.3 Å². The van der Waals surface area contributed by atoms with Crippen LogP contribution < -0.4 is 10.6 Å². The van der Waals surface area contributed by atoms with Crippen LogP contribution in [0, 0.1) is 0 Å². The average Bonchev–Trinajstić information content (AvgIpc) is 2.27. The Morgan fingerprint density at radius 1 is 1.44 bits per heavy atom. The number of carbonyl (C=O) groups excluding carboxylic acids is 2. The van der Waals surface area contributed by atoms with Crippen molar-refractivity contribution in [2.24, 2.45) is 0 Å². The molecule has 0 aliphatic heterocycles. The first-order valence-electron chi connectivity index (χ1n) is 4.61. The fraction of sp³-hybridized carbons (Fsp3) is 0.200. The van der Waals surface area contributed by atoms with E-state index >= 15 is 0 Å². The smallest absolute Gasteiger partial charge is 0.411 e. The molecule has 86 valence electrons. The first kappa shape index (κ1) is 12.0. The van der Waals surface area contributed by atoms with Gasteiger partial charge in [0.2, 0.25) is 6.41 Å². The van der Waals surface area contributed by atoms with Crippen molar-refractivity contribution in [2.45, 2.75) is 0 Å². The molecule has 0 saturated heterocycles. The molecular formula is C10H12N2O4. The SMILES string of the molecule is O=CNc1cccc(NC(=O)OCCO)c1. The lowest BCUT2D eigenvalue weighted by Gasteiger charge is -2.06. The summed E-state index contributed by atoms with van der Waals surface area (Å²) in [7, 11) is 0. The number of nitrogens with one attached hydrogen (secondary N) is 2. The molecule has 0 bridgehead atoms. The Kier molecular flexibility index (Phi) is 4.81. The number of carbonyl (C=O) groups is 2. The minimum absolute atomic E-state index is 0.0574. The van der Waals surface area contributed by atoms with Gasteiger partial charge in [-0.05, 0) is 18.2 Å². The number of benzene rings is 1. The number of aliphatic hydroxyl groups excluding tert-OH is 1. The lowest BCUT2D eigenvalue weighted by molar-refractivity contribution is -0.105. The summed E-state index contributed by atoms with van der Waals surface area (Å²) in [5.41, 5.74) is 1.06. The van der Waals surface area contributed by atoms with Gasteiger partial charge in [0.15, 0.2) is 0 Å². The molecule has 0 spiro atoms. The highest BCUT2D eigenvalue weighted by atomic mass is 16.6. The van der Waals surface area contributed by atoms with Crippen molar-refractivity contribution in [2.75, 3.05) is 23.8 Å². The molecule has 0 heterocycles. The molecule has 0 saturated carbocycles. The summed E-state index contributed by atoms with van der Waals surface area (Å²) < 4.78 is 4.60. The van der Waals surface area contributed by atoms with Gasteiger partial charge in [-0.1, -0.05) is 6.07 Å². The molecule has 0 aliphatic carbocycles. The lowest BCUT2D eigenvalue weighted by Crippen LogP contribution is -2.15. The summed E-state index contributed by atoms with van der Waals surface area (Å²) >= 11 is 0. The van der Waals surface area contributed by atoms with Crippen LogP contribution in [-0.2, 0) is 9.53 Å². The van der Waals surface area contributed by atoms with E-state index in [1.165, 1.54) is 0 Å². The first-order valence-corrected chi connectivity index (χ1v) is 4.61. The number of anilines is 2. The van der Waals surface area contributed by atoms with E-state index in [0.29, 0.717) is 17.8 Å². The van der Waals surface area contributed by atoms with Crippen LogP contribution in [0.1, 0.15) is 0 Å². The maximum absolute atomic E-state index is 11.1. The summed E-state index contributed by atoms with van der Waals surface area (Å²) in [5.74, 6) is 0. The monoisotopic (exact) mass is 224 g/mol. The molecule has 0 aromatic heterocycles. The molecule has 0 fully saturated rings. The fourth-order valence-electron chi connectivity index (χ4n) is 1.05. The van der Waals surface area contributed by atoms with E-state index in [9.17, 15) is 9.59 Å². The van der Waals surface area contributed by atoms with Gasteiger partial charge in [-0.25, -0.2) is 4.79 Å². The van der Waals surface area contributed by atoms with Gasteiger partial charge in [-0.2, -0.15) is 0 Å². The van der Waals surface area contributed by atoms with Gasteiger partial charge in [0.1, 0.15) is 6.61 Å². The number of rotatable bonds is 5. The average molecular weight is 224 g/mol. The third-order valence-corrected chi connectivity index (χ3v) is 1.66. The molecule has 1 aromatic carbocycles. The van der Waals surface area contributed by atoms with Crippen LogP contribution in [-0.4, -0.2) is 30.8 Å². The zero-order valence-electron chi connectivity index (χ0n) is 8.47. The molecule has 1 rings (SSSR count). The minimum atomic E-state index is -0.655. The number of ether oxygens (including phenoxy) is 1. The largest absolute Gasteiger partial charge is 0.447 e. The molecule has 0 aliphatic rings. The number of hydrogen-bond acceptors (Lipinski definition) is 4. The van der Waals surface area contributed by atoms with Crippen molar-refractivity contribution in [3.05, 3.63) is 24.3 Å². The second-order valence-corrected chi connectivity index (χ2v) is 2.83. The predicted octanol–water partition coefficient (Wildman–Crippen LogP) is 0.796. The molecular weight excluding hydrogens is 212 g/mol. The van der Waals surface area contributed by atoms with Crippen molar-refractivity contribution >= 4 is 23.9 Å². The van der Waals surface area contributed by atoms with Gasteiger partial charge in [-0.15, -0.1) is 0 Å². The molecule has 2 amide bonds. The zero-order chi connectivity index (χ0) is 11.8. The van der Waals surface area contributed by atoms with E-state index in [0.717, 1.165) is 0 Å². The van der Waals surface area contributed by atoms with Crippen molar-refractivity contribution in [3.63, 3.8) is 0 Å². The van der Waals surface area contributed by atoms with Crippen molar-refractivity contribution in [1.82, 2.24) is 0 Å². The Bertz CT molecular complexity index is 368. The van der Waals surface area contributed by atoms with Crippen molar-refractivity contribution in [1.29, 1.82) is 0 Å². The summed E-state index contributed by atoms with van der Waals surface area (Å²) in [5, 5.41) is 13.3. The topological polar surface area (TPSA) is 87.7 Å². The maximum atomic E-state index is 11.1. The Morgan fingerprint density at radius 2 is 2.19 bits per heavy atom. The fourth-order valence-corrected chi connectivity index (χ4v) is 1.05. The van der Waals surface area contributed by atoms with Gasteiger partial charge in [0.05, 0.1) is 6.61 Å². The van der Waals surface area contributed by atoms with Crippen molar-refractivity contribution in [3.8, 4) is 0 Å². The summed E-state index contributed by atoms with van der Waals surface area (Å²) in [4.78, 5) is 21.3. The van der Waals surface area contributed by atoms with Crippen LogP contribution in [0.25, 0.3) is 0 Å². The van der Waals surface area contributed by atoms with E-state index < -0.39 is 6.09 Å². The van der Waals surface area contributed by atoms with Crippen LogP contribution in [0.4, 0.5) is 16.2 Å². The molecule has 3 N–H and O–H groups in total. The van der Waals surface area contributed by atoms with Crippen LogP contribution in [0.3, 0.4) is 0 Å². The molecule has 0 unspecified atom stereocenters. The molecule has 0 atom stereocenters. The standard InChI is InChI=1S/C10H12N2O4/c13-4-5-16-10(15)12-9-3-1-2-8(6-9)11-7-14/h1-3,6-7,13H,4-5H2,(H,11,14)(H,12,15). The third kappa shape index (κ3) is 3.97.